The number of nitrogens with zero attached hydrogens (tertiary/aromatic N) is 2. The number of fused-ring (bicyclic) bond motifs is 3. The second-order valence-corrected chi connectivity index (χ2v) is 6.08. The summed E-state index contributed by atoms with van der Waals surface area (Å²) in [5.74, 6) is 0.168. The van der Waals surface area contributed by atoms with Crippen molar-refractivity contribution in [1.82, 2.24) is 5.16 Å². The lowest BCUT2D eigenvalue weighted by molar-refractivity contribution is -0.118. The quantitative estimate of drug-likeness (QED) is 0.798. The van der Waals surface area contributed by atoms with Gasteiger partial charge in [-0.05, 0) is 12.5 Å². The molecule has 124 valence electrons. The van der Waals surface area contributed by atoms with Gasteiger partial charge < -0.3 is 10.3 Å². The van der Waals surface area contributed by atoms with Gasteiger partial charge in [-0.2, -0.15) is 0 Å². The third-order valence-electron chi connectivity index (χ3n) is 4.37. The molecule has 0 fully saturated rings. The molecule has 0 radical (unpaired) electrons. The van der Waals surface area contributed by atoms with Gasteiger partial charge in [0.05, 0.1) is 23.4 Å². The fourth-order valence-electron chi connectivity index (χ4n) is 3.29. The highest BCUT2D eigenvalue weighted by Gasteiger charge is 2.30. The largest absolute Gasteiger partial charge is 0.370 e. The maximum atomic E-state index is 11.6. The molecule has 0 unspecified atom stereocenters. The lowest BCUT2D eigenvalue weighted by Crippen LogP contribution is -2.15. The molecule has 1 aromatic heterocycles. The number of aliphatic imine (C=N–C) groups is 1. The van der Waals surface area contributed by atoms with Crippen LogP contribution in [0.5, 0.6) is 0 Å². The Morgan fingerprint density at radius 2 is 1.76 bits per heavy atom. The number of rotatable bonds is 3. The molecule has 0 aliphatic carbocycles. The van der Waals surface area contributed by atoms with Gasteiger partial charge in [-0.15, -0.1) is 0 Å². The van der Waals surface area contributed by atoms with Crippen LogP contribution in [0.15, 0.2) is 64.1 Å². The highest BCUT2D eigenvalue weighted by Crippen LogP contribution is 2.40. The Morgan fingerprint density at radius 3 is 2.48 bits per heavy atom. The topological polar surface area (TPSA) is 81.5 Å². The van der Waals surface area contributed by atoms with Gasteiger partial charge in [0.1, 0.15) is 6.04 Å². The zero-order valence-electron chi connectivity index (χ0n) is 13.8. The first kappa shape index (κ1) is 15.3. The number of hydrogen-bond donors (Lipinski definition) is 1. The van der Waals surface area contributed by atoms with Crippen LogP contribution in [0.2, 0.25) is 0 Å². The van der Waals surface area contributed by atoms with E-state index < -0.39 is 11.9 Å². The number of aromatic nitrogens is 1. The fraction of sp³-hybridized carbons (Fsp3) is 0.150. The standard InChI is InChI=1S/C20H17N3O2/c1-12-18-14-9-5-6-10-15(14)19(13-7-3-2-4-8-13)22-16(11-17(21)24)20(18)25-23-12/h2-10,16H,11H2,1H3,(H2,21,24)/t16-/m0/s1. The van der Waals surface area contributed by atoms with Gasteiger partial charge >= 0.3 is 0 Å². The molecule has 2 N–H and O–H groups in total. The van der Waals surface area contributed by atoms with E-state index in [4.69, 9.17) is 15.2 Å². The van der Waals surface area contributed by atoms with Crippen LogP contribution in [-0.4, -0.2) is 16.8 Å². The summed E-state index contributed by atoms with van der Waals surface area (Å²) in [5, 5.41) is 4.10. The average Bonchev–Trinajstić information content (AvgIpc) is 2.94. The van der Waals surface area contributed by atoms with Crippen molar-refractivity contribution in [1.29, 1.82) is 0 Å². The molecular weight excluding hydrogens is 314 g/mol. The van der Waals surface area contributed by atoms with Gasteiger partial charge in [-0.1, -0.05) is 59.8 Å². The minimum atomic E-state index is -0.490. The number of hydrogen-bond acceptors (Lipinski definition) is 4. The molecule has 5 nitrogen and oxygen atoms in total. The molecule has 2 aromatic carbocycles. The first-order valence-corrected chi connectivity index (χ1v) is 8.12. The van der Waals surface area contributed by atoms with E-state index in [1.165, 1.54) is 0 Å². The van der Waals surface area contributed by atoms with Crippen LogP contribution >= 0.6 is 0 Å². The van der Waals surface area contributed by atoms with Crippen LogP contribution in [0.3, 0.4) is 0 Å². The Hall–Kier alpha value is -3.21. The Bertz CT molecular complexity index is 974. The third kappa shape index (κ3) is 2.63. The monoisotopic (exact) mass is 331 g/mol. The van der Waals surface area contributed by atoms with Crippen molar-refractivity contribution in [3.63, 3.8) is 0 Å². The van der Waals surface area contributed by atoms with Crippen molar-refractivity contribution in [2.75, 3.05) is 0 Å². The predicted molar refractivity (Wildman–Crippen MR) is 95.3 cm³/mol. The normalized spacial score (nSPS) is 15.7. The smallest absolute Gasteiger partial charge is 0.220 e. The molecule has 1 atom stereocenters. The summed E-state index contributed by atoms with van der Waals surface area (Å²) in [4.78, 5) is 16.5. The Labute approximate surface area is 145 Å². The molecule has 0 saturated carbocycles. The second kappa shape index (κ2) is 6.02. The number of primary amides is 1. The summed E-state index contributed by atoms with van der Waals surface area (Å²) in [6, 6.07) is 17.5. The number of carbonyl (C=O) groups excluding carboxylic acids is 1. The average molecular weight is 331 g/mol. The van der Waals surface area contributed by atoms with Crippen molar-refractivity contribution >= 4 is 11.6 Å². The first-order chi connectivity index (χ1) is 12.1. The lowest BCUT2D eigenvalue weighted by atomic mass is 9.93. The second-order valence-electron chi connectivity index (χ2n) is 6.08. The molecule has 2 heterocycles. The molecule has 0 spiro atoms. The number of benzene rings is 2. The van der Waals surface area contributed by atoms with Crippen LogP contribution in [0.25, 0.3) is 11.1 Å². The van der Waals surface area contributed by atoms with Crippen molar-refractivity contribution in [2.45, 2.75) is 19.4 Å². The molecule has 3 aromatic rings. The molecule has 25 heavy (non-hydrogen) atoms. The lowest BCUT2D eigenvalue weighted by Gasteiger charge is -2.11. The maximum absolute atomic E-state index is 11.6. The molecule has 1 aliphatic rings. The SMILES string of the molecule is Cc1noc2c1-c1ccccc1C(c1ccccc1)=N[C@H]2CC(N)=O. The van der Waals surface area contributed by atoms with Gasteiger partial charge in [0.2, 0.25) is 5.91 Å². The molecule has 0 saturated heterocycles. The van der Waals surface area contributed by atoms with Crippen molar-refractivity contribution < 1.29 is 9.32 Å². The molecule has 5 heteroatoms. The van der Waals surface area contributed by atoms with Gasteiger partial charge in [0.25, 0.3) is 0 Å². The van der Waals surface area contributed by atoms with E-state index in [2.05, 4.69) is 5.16 Å². The van der Waals surface area contributed by atoms with Crippen LogP contribution in [-0.2, 0) is 4.79 Å². The Balaban J connectivity index is 2.01. The molecule has 4 rings (SSSR count). The summed E-state index contributed by atoms with van der Waals surface area (Å²) in [7, 11) is 0. The van der Waals surface area contributed by atoms with E-state index in [0.717, 1.165) is 33.7 Å². The van der Waals surface area contributed by atoms with Gasteiger partial charge in [0, 0.05) is 11.1 Å². The van der Waals surface area contributed by atoms with E-state index >= 15 is 0 Å². The minimum absolute atomic E-state index is 0.0754. The third-order valence-corrected chi connectivity index (χ3v) is 4.37. The van der Waals surface area contributed by atoms with Crippen LogP contribution in [0.1, 0.15) is 35.0 Å². The molecular formula is C20H17N3O2. The summed E-state index contributed by atoms with van der Waals surface area (Å²) < 4.78 is 5.56. The fourth-order valence-corrected chi connectivity index (χ4v) is 3.29. The first-order valence-electron chi connectivity index (χ1n) is 8.12. The van der Waals surface area contributed by atoms with Crippen LogP contribution in [0.4, 0.5) is 0 Å². The van der Waals surface area contributed by atoms with Gasteiger partial charge in [-0.25, -0.2) is 0 Å². The summed E-state index contributed by atoms with van der Waals surface area (Å²) in [6.07, 6.45) is 0.0754. The Morgan fingerprint density at radius 1 is 1.08 bits per heavy atom. The molecule has 0 bridgehead atoms. The van der Waals surface area contributed by atoms with Crippen LogP contribution < -0.4 is 5.73 Å². The van der Waals surface area contributed by atoms with Crippen molar-refractivity contribution in [3.05, 3.63) is 77.2 Å². The van der Waals surface area contributed by atoms with Gasteiger partial charge in [0.15, 0.2) is 5.76 Å². The Kier molecular flexibility index (Phi) is 3.69. The van der Waals surface area contributed by atoms with E-state index in [9.17, 15) is 4.79 Å². The number of nitrogens with two attached hydrogens (primary N) is 1. The van der Waals surface area contributed by atoms with Gasteiger partial charge in [-0.3, -0.25) is 9.79 Å². The number of aryl methyl sites for hydroxylation is 1. The van der Waals surface area contributed by atoms with Crippen LogP contribution in [0, 0.1) is 6.92 Å². The van der Waals surface area contributed by atoms with E-state index in [1.807, 2.05) is 61.5 Å². The highest BCUT2D eigenvalue weighted by atomic mass is 16.5. The minimum Gasteiger partial charge on any atom is -0.370 e. The highest BCUT2D eigenvalue weighted by molar-refractivity contribution is 6.17. The number of carbonyl (C=O) groups is 1. The van der Waals surface area contributed by atoms with E-state index in [-0.39, 0.29) is 6.42 Å². The predicted octanol–water partition coefficient (Wildman–Crippen LogP) is 3.42. The van der Waals surface area contributed by atoms with Crippen molar-refractivity contribution in [3.8, 4) is 11.1 Å². The summed E-state index contributed by atoms with van der Waals surface area (Å²) >= 11 is 0. The van der Waals surface area contributed by atoms with Crippen molar-refractivity contribution in [2.24, 2.45) is 10.7 Å². The summed E-state index contributed by atoms with van der Waals surface area (Å²) in [6.45, 7) is 1.90. The molecule has 1 amide bonds. The maximum Gasteiger partial charge on any atom is 0.220 e. The van der Waals surface area contributed by atoms with E-state index in [0.29, 0.717) is 5.76 Å². The van der Waals surface area contributed by atoms with E-state index in [1.54, 1.807) is 0 Å². The summed E-state index contributed by atoms with van der Waals surface area (Å²) in [5.41, 5.74) is 10.9. The zero-order valence-corrected chi connectivity index (χ0v) is 13.8. The zero-order chi connectivity index (χ0) is 17.4. The number of amides is 1. The molecule has 1 aliphatic heterocycles.